The van der Waals surface area contributed by atoms with E-state index in [2.05, 4.69) is 9.97 Å². The third kappa shape index (κ3) is 3.40. The van der Waals surface area contributed by atoms with Gasteiger partial charge in [0.15, 0.2) is 5.65 Å². The lowest BCUT2D eigenvalue weighted by atomic mass is 10.3. The first-order chi connectivity index (χ1) is 15.1. The van der Waals surface area contributed by atoms with E-state index in [1.807, 2.05) is 0 Å². The average molecular weight is 413 g/mol. The Bertz CT molecular complexity index is 1460. The standard InChI is InChI=1S/C23H16FN5O2/c24-15-3-1-6-20(11-15)31-19-9-7-17(8-10-19)28-21-13-26-14-27-22(21)29(23(28)30)18-5-2-4-16(25)12-18/h1-14H,25H2. The second-order valence-corrected chi connectivity index (χ2v) is 6.83. The SMILES string of the molecule is Nc1cccc(-n2c(=O)n(-c3ccc(Oc4cccc(F)c4)cc3)c3cncnc32)c1. The molecule has 2 N–H and O–H groups in total. The third-order valence-electron chi connectivity index (χ3n) is 4.76. The molecule has 5 rings (SSSR count). The maximum Gasteiger partial charge on any atom is 0.339 e. The molecule has 3 aromatic carbocycles. The monoisotopic (exact) mass is 413 g/mol. The number of ether oxygens (including phenoxy) is 1. The molecule has 0 aliphatic carbocycles. The van der Waals surface area contributed by atoms with Crippen molar-refractivity contribution >= 4 is 16.9 Å². The molecule has 2 aromatic heterocycles. The van der Waals surface area contributed by atoms with Gasteiger partial charge in [0.25, 0.3) is 0 Å². The first kappa shape index (κ1) is 18.6. The van der Waals surface area contributed by atoms with Crippen molar-refractivity contribution in [3.05, 3.63) is 102 Å². The van der Waals surface area contributed by atoms with Gasteiger partial charge in [0.05, 0.1) is 17.6 Å². The Balaban J connectivity index is 1.59. The van der Waals surface area contributed by atoms with Gasteiger partial charge in [-0.15, -0.1) is 0 Å². The van der Waals surface area contributed by atoms with Gasteiger partial charge in [0, 0.05) is 11.8 Å². The van der Waals surface area contributed by atoms with Crippen molar-refractivity contribution in [1.82, 2.24) is 19.1 Å². The van der Waals surface area contributed by atoms with Gasteiger partial charge in [-0.3, -0.25) is 4.57 Å². The number of benzene rings is 3. The minimum Gasteiger partial charge on any atom is -0.457 e. The molecule has 0 unspecified atom stereocenters. The predicted molar refractivity (Wildman–Crippen MR) is 115 cm³/mol. The number of nitrogens with two attached hydrogens (primary N) is 1. The lowest BCUT2D eigenvalue weighted by Gasteiger charge is -2.07. The molecule has 7 nitrogen and oxygen atoms in total. The highest BCUT2D eigenvalue weighted by Crippen LogP contribution is 2.25. The molecule has 0 atom stereocenters. The molecule has 0 aliphatic rings. The molecule has 0 radical (unpaired) electrons. The van der Waals surface area contributed by atoms with Gasteiger partial charge in [-0.25, -0.2) is 23.7 Å². The second kappa shape index (κ2) is 7.42. The molecule has 31 heavy (non-hydrogen) atoms. The summed E-state index contributed by atoms with van der Waals surface area (Å²) < 4.78 is 22.1. The van der Waals surface area contributed by atoms with Crippen LogP contribution in [0.5, 0.6) is 11.5 Å². The highest BCUT2D eigenvalue weighted by molar-refractivity contribution is 5.75. The van der Waals surface area contributed by atoms with Gasteiger partial charge in [-0.2, -0.15) is 0 Å². The number of rotatable bonds is 4. The van der Waals surface area contributed by atoms with Crippen LogP contribution in [0.3, 0.4) is 0 Å². The number of imidazole rings is 1. The topological polar surface area (TPSA) is 88.0 Å². The van der Waals surface area contributed by atoms with Crippen LogP contribution in [0.4, 0.5) is 10.1 Å². The van der Waals surface area contributed by atoms with E-state index >= 15 is 0 Å². The number of hydrogen-bond acceptors (Lipinski definition) is 5. The number of anilines is 1. The van der Waals surface area contributed by atoms with Crippen LogP contribution >= 0.6 is 0 Å². The zero-order chi connectivity index (χ0) is 21.4. The van der Waals surface area contributed by atoms with E-state index in [9.17, 15) is 9.18 Å². The Morgan fingerprint density at radius 3 is 2.45 bits per heavy atom. The molecule has 0 bridgehead atoms. The van der Waals surface area contributed by atoms with E-state index in [0.29, 0.717) is 39.7 Å². The summed E-state index contributed by atoms with van der Waals surface area (Å²) in [6.45, 7) is 0. The Morgan fingerprint density at radius 2 is 1.68 bits per heavy atom. The van der Waals surface area contributed by atoms with Crippen molar-refractivity contribution < 1.29 is 9.13 Å². The summed E-state index contributed by atoms with van der Waals surface area (Å²) in [6, 6.07) is 19.8. The summed E-state index contributed by atoms with van der Waals surface area (Å²) in [5.41, 5.74) is 8.37. The maximum absolute atomic E-state index is 13.4. The third-order valence-corrected chi connectivity index (χ3v) is 4.76. The number of halogens is 1. The molecular weight excluding hydrogens is 397 g/mol. The fourth-order valence-electron chi connectivity index (χ4n) is 3.42. The first-order valence-corrected chi connectivity index (χ1v) is 9.43. The number of aromatic nitrogens is 4. The molecule has 152 valence electrons. The fraction of sp³-hybridized carbons (Fsp3) is 0. The molecule has 0 aliphatic heterocycles. The summed E-state index contributed by atoms with van der Waals surface area (Å²) in [5, 5.41) is 0. The van der Waals surface area contributed by atoms with Crippen molar-refractivity contribution in [2.24, 2.45) is 0 Å². The van der Waals surface area contributed by atoms with Gasteiger partial charge < -0.3 is 10.5 Å². The van der Waals surface area contributed by atoms with E-state index in [1.165, 1.54) is 27.6 Å². The van der Waals surface area contributed by atoms with E-state index in [1.54, 1.807) is 66.9 Å². The van der Waals surface area contributed by atoms with E-state index in [0.717, 1.165) is 0 Å². The highest BCUT2D eigenvalue weighted by atomic mass is 19.1. The summed E-state index contributed by atoms with van der Waals surface area (Å²) in [4.78, 5) is 21.7. The molecule has 0 spiro atoms. The van der Waals surface area contributed by atoms with Crippen LogP contribution in [0.2, 0.25) is 0 Å². The normalized spacial score (nSPS) is 11.0. The summed E-state index contributed by atoms with van der Waals surface area (Å²) in [7, 11) is 0. The zero-order valence-corrected chi connectivity index (χ0v) is 16.1. The van der Waals surface area contributed by atoms with Gasteiger partial charge in [0.2, 0.25) is 0 Å². The van der Waals surface area contributed by atoms with Gasteiger partial charge in [-0.05, 0) is 54.6 Å². The number of nitrogen functional groups attached to an aromatic ring is 1. The van der Waals surface area contributed by atoms with Gasteiger partial charge >= 0.3 is 5.69 Å². The molecule has 2 heterocycles. The summed E-state index contributed by atoms with van der Waals surface area (Å²) >= 11 is 0. The highest BCUT2D eigenvalue weighted by Gasteiger charge is 2.17. The van der Waals surface area contributed by atoms with Crippen LogP contribution in [-0.2, 0) is 0 Å². The van der Waals surface area contributed by atoms with Crippen molar-refractivity contribution in [3.63, 3.8) is 0 Å². The smallest absolute Gasteiger partial charge is 0.339 e. The summed E-state index contributed by atoms with van der Waals surface area (Å²) in [6.07, 6.45) is 2.98. The quantitative estimate of drug-likeness (QED) is 0.449. The fourth-order valence-corrected chi connectivity index (χ4v) is 3.42. The number of fused-ring (bicyclic) bond motifs is 1. The minimum absolute atomic E-state index is 0.306. The lowest BCUT2D eigenvalue weighted by Crippen LogP contribution is -2.22. The number of hydrogen-bond donors (Lipinski definition) is 1. The van der Waals surface area contributed by atoms with Crippen molar-refractivity contribution in [2.75, 3.05) is 5.73 Å². The average Bonchev–Trinajstić information content (AvgIpc) is 3.06. The molecule has 0 saturated carbocycles. The second-order valence-electron chi connectivity index (χ2n) is 6.83. The molecular formula is C23H16FN5O2. The largest absolute Gasteiger partial charge is 0.457 e. The maximum atomic E-state index is 13.4. The van der Waals surface area contributed by atoms with Crippen LogP contribution < -0.4 is 16.2 Å². The van der Waals surface area contributed by atoms with E-state index in [4.69, 9.17) is 10.5 Å². The molecule has 5 aromatic rings. The van der Waals surface area contributed by atoms with E-state index < -0.39 is 0 Å². The summed E-state index contributed by atoms with van der Waals surface area (Å²) in [5.74, 6) is 0.518. The Kier molecular flexibility index (Phi) is 4.44. The Morgan fingerprint density at radius 1 is 0.871 bits per heavy atom. The minimum atomic E-state index is -0.380. The zero-order valence-electron chi connectivity index (χ0n) is 16.1. The molecule has 8 heteroatoms. The van der Waals surface area contributed by atoms with Crippen molar-refractivity contribution in [1.29, 1.82) is 0 Å². The van der Waals surface area contributed by atoms with Crippen LogP contribution in [0.25, 0.3) is 22.5 Å². The van der Waals surface area contributed by atoms with Crippen LogP contribution in [-0.4, -0.2) is 19.1 Å². The van der Waals surface area contributed by atoms with Crippen molar-refractivity contribution in [2.45, 2.75) is 0 Å². The molecule has 0 amide bonds. The van der Waals surface area contributed by atoms with E-state index in [-0.39, 0.29) is 11.5 Å². The van der Waals surface area contributed by atoms with Crippen LogP contribution in [0.15, 0.2) is 90.1 Å². The van der Waals surface area contributed by atoms with Gasteiger partial charge in [0.1, 0.15) is 29.2 Å². The Hall–Kier alpha value is -4.46. The first-order valence-electron chi connectivity index (χ1n) is 9.43. The lowest BCUT2D eigenvalue weighted by molar-refractivity contribution is 0.476. The molecule has 0 fully saturated rings. The van der Waals surface area contributed by atoms with Crippen LogP contribution in [0.1, 0.15) is 0 Å². The number of nitrogens with zero attached hydrogens (tertiary/aromatic N) is 4. The molecule has 0 saturated heterocycles. The van der Waals surface area contributed by atoms with Crippen LogP contribution in [0, 0.1) is 5.82 Å². The predicted octanol–water partition coefficient (Wildman–Crippen LogP) is 4.09. The van der Waals surface area contributed by atoms with Gasteiger partial charge in [-0.1, -0.05) is 12.1 Å². The van der Waals surface area contributed by atoms with Crippen molar-refractivity contribution in [3.8, 4) is 22.9 Å². The Labute approximate surface area is 175 Å².